The molecule has 92 valence electrons. The van der Waals surface area contributed by atoms with Crippen LogP contribution < -0.4 is 0 Å². The van der Waals surface area contributed by atoms with Crippen LogP contribution in [0.2, 0.25) is 0 Å². The SMILES string of the molecule is C[C@H]1CC[C@H]2[C@@H]1[C@H]1[C@H](CC[C@@]2(C)O)C1(C)C. The van der Waals surface area contributed by atoms with E-state index in [9.17, 15) is 5.11 Å². The summed E-state index contributed by atoms with van der Waals surface area (Å²) in [5, 5.41) is 10.7. The fourth-order valence-corrected chi connectivity index (χ4v) is 5.29. The molecular weight excluding hydrogens is 196 g/mol. The van der Waals surface area contributed by atoms with E-state index in [1.54, 1.807) is 0 Å². The molecule has 3 saturated carbocycles. The highest BCUT2D eigenvalue weighted by atomic mass is 16.3. The molecular formula is C15H26O. The Kier molecular flexibility index (Phi) is 2.11. The predicted molar refractivity (Wildman–Crippen MR) is 66.0 cm³/mol. The standard InChI is InChI=1S/C15H26O/c1-9-5-6-10-12(9)13-11(14(13,2)3)7-8-15(10,4)16/h9-13,16H,5-8H2,1-4H3/t9-,10-,11-,12+,13+,15+/m0/s1. The lowest BCUT2D eigenvalue weighted by Gasteiger charge is -2.35. The zero-order valence-corrected chi connectivity index (χ0v) is 11.2. The van der Waals surface area contributed by atoms with Crippen LogP contribution in [0.1, 0.15) is 53.4 Å². The van der Waals surface area contributed by atoms with Crippen molar-refractivity contribution in [3.05, 3.63) is 0 Å². The van der Waals surface area contributed by atoms with Gasteiger partial charge in [0.05, 0.1) is 5.60 Å². The van der Waals surface area contributed by atoms with Gasteiger partial charge >= 0.3 is 0 Å². The molecule has 0 aromatic carbocycles. The van der Waals surface area contributed by atoms with Crippen molar-refractivity contribution in [2.45, 2.75) is 59.0 Å². The molecule has 0 radical (unpaired) electrons. The van der Waals surface area contributed by atoms with Gasteiger partial charge in [-0.15, -0.1) is 0 Å². The average molecular weight is 222 g/mol. The molecule has 1 heteroatoms. The van der Waals surface area contributed by atoms with Crippen LogP contribution in [-0.2, 0) is 0 Å². The second kappa shape index (κ2) is 3.04. The fourth-order valence-electron chi connectivity index (χ4n) is 5.29. The summed E-state index contributed by atoms with van der Waals surface area (Å²) in [6, 6.07) is 0. The lowest BCUT2D eigenvalue weighted by Crippen LogP contribution is -2.38. The van der Waals surface area contributed by atoms with Gasteiger partial charge in [0.15, 0.2) is 0 Å². The lowest BCUT2D eigenvalue weighted by molar-refractivity contribution is -0.0302. The Hall–Kier alpha value is -0.0400. The summed E-state index contributed by atoms with van der Waals surface area (Å²) in [5.74, 6) is 4.03. The first-order chi connectivity index (χ1) is 7.36. The zero-order valence-electron chi connectivity index (χ0n) is 11.2. The monoisotopic (exact) mass is 222 g/mol. The summed E-state index contributed by atoms with van der Waals surface area (Å²) in [5.41, 5.74) is 0.191. The van der Waals surface area contributed by atoms with Gasteiger partial charge in [0.2, 0.25) is 0 Å². The maximum Gasteiger partial charge on any atom is 0.0650 e. The van der Waals surface area contributed by atoms with Crippen LogP contribution in [-0.4, -0.2) is 10.7 Å². The fraction of sp³-hybridized carbons (Fsp3) is 1.00. The first kappa shape index (κ1) is 11.1. The zero-order chi connectivity index (χ0) is 11.7. The minimum Gasteiger partial charge on any atom is -0.390 e. The van der Waals surface area contributed by atoms with Crippen LogP contribution in [0.25, 0.3) is 0 Å². The topological polar surface area (TPSA) is 20.2 Å². The second-order valence-electron chi connectivity index (χ2n) is 7.59. The van der Waals surface area contributed by atoms with Gasteiger partial charge in [-0.2, -0.15) is 0 Å². The van der Waals surface area contributed by atoms with Crippen LogP contribution in [0.3, 0.4) is 0 Å². The van der Waals surface area contributed by atoms with E-state index < -0.39 is 0 Å². The van der Waals surface area contributed by atoms with E-state index in [1.807, 2.05) is 0 Å². The quantitative estimate of drug-likeness (QED) is 0.665. The van der Waals surface area contributed by atoms with Gasteiger partial charge in [-0.3, -0.25) is 0 Å². The van der Waals surface area contributed by atoms with Gasteiger partial charge in [0.1, 0.15) is 0 Å². The molecule has 16 heavy (non-hydrogen) atoms. The molecule has 0 unspecified atom stereocenters. The summed E-state index contributed by atoms with van der Waals surface area (Å²) < 4.78 is 0. The van der Waals surface area contributed by atoms with Crippen molar-refractivity contribution in [3.8, 4) is 0 Å². The van der Waals surface area contributed by atoms with E-state index in [-0.39, 0.29) is 5.60 Å². The highest BCUT2D eigenvalue weighted by molar-refractivity contribution is 5.14. The van der Waals surface area contributed by atoms with Crippen LogP contribution in [0.5, 0.6) is 0 Å². The third-order valence-electron chi connectivity index (χ3n) is 6.37. The van der Waals surface area contributed by atoms with E-state index in [1.165, 1.54) is 19.3 Å². The Bertz CT molecular complexity index is 305. The number of rotatable bonds is 0. The van der Waals surface area contributed by atoms with Gasteiger partial charge in [-0.25, -0.2) is 0 Å². The molecule has 0 aromatic heterocycles. The molecule has 0 bridgehead atoms. The van der Waals surface area contributed by atoms with Crippen molar-refractivity contribution >= 4 is 0 Å². The Labute approximate surface area is 99.6 Å². The minimum atomic E-state index is -0.376. The number of hydrogen-bond acceptors (Lipinski definition) is 1. The molecule has 0 spiro atoms. The highest BCUT2D eigenvalue weighted by Crippen LogP contribution is 2.71. The number of aliphatic hydroxyl groups is 1. The molecule has 3 rings (SSSR count). The third-order valence-corrected chi connectivity index (χ3v) is 6.37. The summed E-state index contributed by atoms with van der Waals surface area (Å²) >= 11 is 0. The van der Waals surface area contributed by atoms with Crippen molar-refractivity contribution in [3.63, 3.8) is 0 Å². The van der Waals surface area contributed by atoms with Crippen molar-refractivity contribution < 1.29 is 5.11 Å². The van der Waals surface area contributed by atoms with Crippen LogP contribution >= 0.6 is 0 Å². The molecule has 0 saturated heterocycles. The van der Waals surface area contributed by atoms with Gasteiger partial charge in [0.25, 0.3) is 0 Å². The molecule has 3 aliphatic carbocycles. The Morgan fingerprint density at radius 3 is 2.38 bits per heavy atom. The van der Waals surface area contributed by atoms with Crippen molar-refractivity contribution in [2.24, 2.45) is 35.0 Å². The minimum absolute atomic E-state index is 0.376. The summed E-state index contributed by atoms with van der Waals surface area (Å²) in [7, 11) is 0. The second-order valence-corrected chi connectivity index (χ2v) is 7.59. The average Bonchev–Trinajstić information content (AvgIpc) is 2.51. The van der Waals surface area contributed by atoms with E-state index in [4.69, 9.17) is 0 Å². The van der Waals surface area contributed by atoms with Crippen molar-refractivity contribution in [1.29, 1.82) is 0 Å². The van der Waals surface area contributed by atoms with E-state index >= 15 is 0 Å². The van der Waals surface area contributed by atoms with E-state index in [0.29, 0.717) is 11.3 Å². The molecule has 3 fully saturated rings. The Balaban J connectivity index is 1.94. The maximum atomic E-state index is 10.7. The Morgan fingerprint density at radius 1 is 1.00 bits per heavy atom. The van der Waals surface area contributed by atoms with Gasteiger partial charge in [0, 0.05) is 0 Å². The molecule has 1 nitrogen and oxygen atoms in total. The maximum absolute atomic E-state index is 10.7. The summed E-state index contributed by atoms with van der Waals surface area (Å²) in [6.07, 6.45) is 4.89. The predicted octanol–water partition coefficient (Wildman–Crippen LogP) is 3.47. The number of hydrogen-bond donors (Lipinski definition) is 1. The van der Waals surface area contributed by atoms with Crippen LogP contribution in [0.4, 0.5) is 0 Å². The molecule has 0 aliphatic heterocycles. The van der Waals surface area contributed by atoms with Gasteiger partial charge < -0.3 is 5.11 Å². The van der Waals surface area contributed by atoms with E-state index in [2.05, 4.69) is 27.7 Å². The first-order valence-corrected chi connectivity index (χ1v) is 7.08. The molecule has 0 amide bonds. The normalized spacial score (nSPS) is 58.7. The molecule has 0 heterocycles. The van der Waals surface area contributed by atoms with Gasteiger partial charge in [-0.05, 0) is 61.2 Å². The largest absolute Gasteiger partial charge is 0.390 e. The highest BCUT2D eigenvalue weighted by Gasteiger charge is 2.66. The molecule has 1 N–H and O–H groups in total. The third kappa shape index (κ3) is 1.27. The van der Waals surface area contributed by atoms with E-state index in [0.717, 1.165) is 30.1 Å². The van der Waals surface area contributed by atoms with Crippen LogP contribution in [0.15, 0.2) is 0 Å². The lowest BCUT2D eigenvalue weighted by atomic mass is 9.74. The smallest absolute Gasteiger partial charge is 0.0650 e. The van der Waals surface area contributed by atoms with Crippen molar-refractivity contribution in [2.75, 3.05) is 0 Å². The molecule has 0 aromatic rings. The molecule has 6 atom stereocenters. The van der Waals surface area contributed by atoms with Gasteiger partial charge in [-0.1, -0.05) is 27.2 Å². The van der Waals surface area contributed by atoms with Crippen molar-refractivity contribution in [1.82, 2.24) is 0 Å². The summed E-state index contributed by atoms with van der Waals surface area (Å²) in [4.78, 5) is 0. The Morgan fingerprint density at radius 2 is 1.69 bits per heavy atom. The summed E-state index contributed by atoms with van der Waals surface area (Å²) in [6.45, 7) is 9.41. The number of fused-ring (bicyclic) bond motifs is 3. The first-order valence-electron chi connectivity index (χ1n) is 7.08. The molecule has 3 aliphatic rings. The van der Waals surface area contributed by atoms with Crippen LogP contribution in [0, 0.1) is 35.0 Å².